The fourth-order valence-electron chi connectivity index (χ4n) is 1.76. The van der Waals surface area contributed by atoms with E-state index >= 15 is 0 Å². The second kappa shape index (κ2) is 5.12. The summed E-state index contributed by atoms with van der Waals surface area (Å²) in [5.41, 5.74) is 5.93. The number of hydrogen-bond donors (Lipinski definition) is 1. The number of ether oxygens (including phenoxy) is 1. The maximum Gasteiger partial charge on any atom is 0.329 e. The Labute approximate surface area is 96.1 Å². The molecule has 0 aliphatic carbocycles. The second-order valence-corrected chi connectivity index (χ2v) is 4.13. The van der Waals surface area contributed by atoms with E-state index in [1.54, 1.807) is 0 Å². The molecule has 0 saturated heterocycles. The third kappa shape index (κ3) is 2.83. The highest BCUT2D eigenvalue weighted by molar-refractivity contribution is 5.68. The summed E-state index contributed by atoms with van der Waals surface area (Å²) in [5.74, 6) is -0.931. The van der Waals surface area contributed by atoms with Crippen LogP contribution in [0.3, 0.4) is 0 Å². The van der Waals surface area contributed by atoms with Gasteiger partial charge in [0.15, 0.2) is 0 Å². The van der Waals surface area contributed by atoms with Gasteiger partial charge < -0.3 is 9.84 Å². The number of carboxylic acid groups (broad SMARTS) is 1. The van der Waals surface area contributed by atoms with Crippen LogP contribution in [0.4, 0.5) is 0 Å². The van der Waals surface area contributed by atoms with Gasteiger partial charge in [0.1, 0.15) is 6.61 Å². The number of carboxylic acids is 1. The molecule has 3 heteroatoms. The van der Waals surface area contributed by atoms with E-state index in [1.807, 2.05) is 13.8 Å². The van der Waals surface area contributed by atoms with Crippen LogP contribution in [-0.4, -0.2) is 17.7 Å². The first-order valence-electron chi connectivity index (χ1n) is 5.29. The fourth-order valence-corrected chi connectivity index (χ4v) is 1.76. The molecule has 3 nitrogen and oxygen atoms in total. The molecule has 0 saturated carbocycles. The highest BCUT2D eigenvalue weighted by Gasteiger charge is 2.09. The van der Waals surface area contributed by atoms with Crippen LogP contribution in [0.25, 0.3) is 0 Å². The zero-order valence-electron chi connectivity index (χ0n) is 10.3. The molecule has 1 rings (SSSR count). The smallest absolute Gasteiger partial charge is 0.329 e. The van der Waals surface area contributed by atoms with Gasteiger partial charge in [-0.15, -0.1) is 0 Å². The van der Waals surface area contributed by atoms with Gasteiger partial charge in [0.05, 0.1) is 6.61 Å². The first kappa shape index (κ1) is 12.7. The van der Waals surface area contributed by atoms with Crippen molar-refractivity contribution in [2.24, 2.45) is 0 Å². The lowest BCUT2D eigenvalue weighted by Gasteiger charge is -2.14. The lowest BCUT2D eigenvalue weighted by molar-refractivity contribution is -0.142. The second-order valence-electron chi connectivity index (χ2n) is 4.13. The van der Waals surface area contributed by atoms with Gasteiger partial charge in [-0.1, -0.05) is 6.07 Å². The van der Waals surface area contributed by atoms with Crippen LogP contribution in [0, 0.1) is 27.7 Å². The van der Waals surface area contributed by atoms with Gasteiger partial charge in [0, 0.05) is 0 Å². The van der Waals surface area contributed by atoms with Crippen LogP contribution < -0.4 is 0 Å². The quantitative estimate of drug-likeness (QED) is 0.851. The van der Waals surface area contributed by atoms with Gasteiger partial charge in [0.25, 0.3) is 0 Å². The minimum atomic E-state index is -0.931. The van der Waals surface area contributed by atoms with E-state index in [0.29, 0.717) is 6.61 Å². The predicted octanol–water partition coefficient (Wildman–Crippen LogP) is 2.52. The van der Waals surface area contributed by atoms with E-state index in [2.05, 4.69) is 19.9 Å². The van der Waals surface area contributed by atoms with E-state index in [4.69, 9.17) is 9.84 Å². The fraction of sp³-hybridized carbons (Fsp3) is 0.462. The average Bonchev–Trinajstić information content (AvgIpc) is 2.20. The highest BCUT2D eigenvalue weighted by Crippen LogP contribution is 2.22. The lowest BCUT2D eigenvalue weighted by Crippen LogP contribution is -2.09. The van der Waals surface area contributed by atoms with Crippen LogP contribution in [0.15, 0.2) is 6.07 Å². The molecule has 0 fully saturated rings. The van der Waals surface area contributed by atoms with E-state index in [9.17, 15) is 4.79 Å². The van der Waals surface area contributed by atoms with Crippen molar-refractivity contribution in [1.29, 1.82) is 0 Å². The van der Waals surface area contributed by atoms with Gasteiger partial charge in [-0.25, -0.2) is 4.79 Å². The highest BCUT2D eigenvalue weighted by atomic mass is 16.5. The summed E-state index contributed by atoms with van der Waals surface area (Å²) in [6, 6.07) is 2.14. The van der Waals surface area contributed by atoms with Gasteiger partial charge in [0.2, 0.25) is 0 Å². The monoisotopic (exact) mass is 222 g/mol. The Balaban J connectivity index is 2.90. The van der Waals surface area contributed by atoms with E-state index in [0.717, 1.165) is 5.56 Å². The molecule has 16 heavy (non-hydrogen) atoms. The minimum Gasteiger partial charge on any atom is -0.480 e. The Morgan fingerprint density at radius 1 is 1.19 bits per heavy atom. The number of carbonyl (C=O) groups is 1. The lowest BCUT2D eigenvalue weighted by atomic mass is 9.95. The number of benzene rings is 1. The number of hydrogen-bond acceptors (Lipinski definition) is 2. The molecule has 0 bridgehead atoms. The van der Waals surface area contributed by atoms with Crippen LogP contribution in [0.1, 0.15) is 27.8 Å². The van der Waals surface area contributed by atoms with E-state index < -0.39 is 5.97 Å². The molecule has 1 aromatic carbocycles. The molecule has 0 unspecified atom stereocenters. The minimum absolute atomic E-state index is 0.244. The number of aryl methyl sites for hydroxylation is 2. The maximum atomic E-state index is 10.4. The van der Waals surface area contributed by atoms with Gasteiger partial charge in [-0.2, -0.15) is 0 Å². The molecule has 1 aromatic rings. The average molecular weight is 222 g/mol. The largest absolute Gasteiger partial charge is 0.480 e. The molecule has 0 amide bonds. The SMILES string of the molecule is Cc1cc(C)c(C)c(COCC(=O)O)c1C. The number of rotatable bonds is 4. The van der Waals surface area contributed by atoms with Gasteiger partial charge in [-0.05, 0) is 55.5 Å². The molecule has 1 N–H and O–H groups in total. The van der Waals surface area contributed by atoms with Crippen LogP contribution >= 0.6 is 0 Å². The molecule has 0 heterocycles. The molecule has 88 valence electrons. The number of aliphatic carboxylic acids is 1. The predicted molar refractivity (Wildman–Crippen MR) is 62.7 cm³/mol. The maximum absolute atomic E-state index is 10.4. The van der Waals surface area contributed by atoms with E-state index in [1.165, 1.54) is 22.3 Å². The van der Waals surface area contributed by atoms with Crippen molar-refractivity contribution >= 4 is 5.97 Å². The third-order valence-electron chi connectivity index (χ3n) is 2.99. The summed E-state index contributed by atoms with van der Waals surface area (Å²) in [6.45, 7) is 8.33. The van der Waals surface area contributed by atoms with Crippen molar-refractivity contribution in [3.63, 3.8) is 0 Å². The van der Waals surface area contributed by atoms with Crippen molar-refractivity contribution in [2.45, 2.75) is 34.3 Å². The first-order chi connectivity index (χ1) is 7.43. The Hall–Kier alpha value is -1.35. The van der Waals surface area contributed by atoms with Crippen molar-refractivity contribution in [3.05, 3.63) is 33.9 Å². The first-order valence-corrected chi connectivity index (χ1v) is 5.29. The summed E-state index contributed by atoms with van der Waals surface area (Å²) in [5, 5.41) is 8.51. The topological polar surface area (TPSA) is 46.5 Å². The third-order valence-corrected chi connectivity index (χ3v) is 2.99. The Morgan fingerprint density at radius 3 is 2.12 bits per heavy atom. The molecular weight excluding hydrogens is 204 g/mol. The summed E-state index contributed by atoms with van der Waals surface area (Å²) in [7, 11) is 0. The summed E-state index contributed by atoms with van der Waals surface area (Å²) in [6.07, 6.45) is 0. The molecule has 0 aliphatic rings. The summed E-state index contributed by atoms with van der Waals surface area (Å²) < 4.78 is 5.15. The van der Waals surface area contributed by atoms with Crippen molar-refractivity contribution in [1.82, 2.24) is 0 Å². The molecule has 0 atom stereocenters. The summed E-state index contributed by atoms with van der Waals surface area (Å²) >= 11 is 0. The standard InChI is InChI=1S/C13H18O3/c1-8-5-9(2)11(4)12(10(8)3)6-16-7-13(14)15/h5H,6-7H2,1-4H3,(H,14,15). The molecule has 0 radical (unpaired) electrons. The molecule has 0 aromatic heterocycles. The Kier molecular flexibility index (Phi) is 4.07. The molecule has 0 aliphatic heterocycles. The Bertz CT molecular complexity index is 382. The van der Waals surface area contributed by atoms with Crippen molar-refractivity contribution in [3.8, 4) is 0 Å². The molecular formula is C13H18O3. The van der Waals surface area contributed by atoms with Crippen molar-refractivity contribution in [2.75, 3.05) is 6.61 Å². The van der Waals surface area contributed by atoms with Gasteiger partial charge in [-0.3, -0.25) is 0 Å². The van der Waals surface area contributed by atoms with Crippen LogP contribution in [0.5, 0.6) is 0 Å². The zero-order chi connectivity index (χ0) is 12.3. The van der Waals surface area contributed by atoms with Crippen LogP contribution in [-0.2, 0) is 16.1 Å². The van der Waals surface area contributed by atoms with Crippen molar-refractivity contribution < 1.29 is 14.6 Å². The van der Waals surface area contributed by atoms with Gasteiger partial charge >= 0.3 is 5.97 Å². The van der Waals surface area contributed by atoms with Crippen LogP contribution in [0.2, 0.25) is 0 Å². The normalized spacial score (nSPS) is 10.5. The summed E-state index contributed by atoms with van der Waals surface area (Å²) in [4.78, 5) is 10.4. The van der Waals surface area contributed by atoms with E-state index in [-0.39, 0.29) is 6.61 Å². The molecule has 0 spiro atoms. The zero-order valence-corrected chi connectivity index (χ0v) is 10.3. The Morgan fingerprint density at radius 2 is 1.69 bits per heavy atom.